The average Bonchev–Trinajstić information content (AvgIpc) is 1.36. The third kappa shape index (κ3) is 3.47. The second kappa shape index (κ2) is 1.76. The van der Waals surface area contributed by atoms with Gasteiger partial charge in [-0.3, -0.25) is 4.79 Å². The van der Waals surface area contributed by atoms with E-state index in [0.717, 1.165) is 0 Å². The van der Waals surface area contributed by atoms with Gasteiger partial charge in [0.2, 0.25) is 0 Å². The molecule has 2 nitrogen and oxygen atoms in total. The largest absolute Gasteiger partial charge is 0.481 e. The summed E-state index contributed by atoms with van der Waals surface area (Å²) in [7, 11) is 0. The van der Waals surface area contributed by atoms with Gasteiger partial charge in [-0.15, -0.1) is 0 Å². The Morgan fingerprint density at radius 3 is 2.60 bits per heavy atom. The molecule has 0 saturated carbocycles. The summed E-state index contributed by atoms with van der Waals surface area (Å²) in [6, 6.07) is 0. The van der Waals surface area contributed by atoms with Crippen molar-refractivity contribution in [3.05, 3.63) is 0 Å². The molecule has 0 amide bonds. The Balaban J connectivity index is 3.26. The SMILES string of the molecule is [2H][C@@H](C)C(=O)O. The molecule has 1 atom stereocenters. The van der Waals surface area contributed by atoms with Gasteiger partial charge < -0.3 is 5.11 Å². The zero-order valence-corrected chi connectivity index (χ0v) is 2.93. The topological polar surface area (TPSA) is 37.3 Å². The summed E-state index contributed by atoms with van der Waals surface area (Å²) < 4.78 is 6.43. The van der Waals surface area contributed by atoms with Gasteiger partial charge in [0.25, 0.3) is 0 Å². The van der Waals surface area contributed by atoms with E-state index in [0.29, 0.717) is 0 Å². The lowest BCUT2D eigenvalue weighted by molar-refractivity contribution is -0.136. The quantitative estimate of drug-likeness (QED) is 0.492. The molecular formula is C3H6O2. The minimum absolute atomic E-state index is 0.981. The van der Waals surface area contributed by atoms with Crippen molar-refractivity contribution < 1.29 is 11.3 Å². The van der Waals surface area contributed by atoms with Gasteiger partial charge in [0.15, 0.2) is 0 Å². The van der Waals surface area contributed by atoms with Gasteiger partial charge in [-0.1, -0.05) is 6.92 Å². The van der Waals surface area contributed by atoms with Gasteiger partial charge in [-0.25, -0.2) is 0 Å². The van der Waals surface area contributed by atoms with Crippen LogP contribution in [0.15, 0.2) is 0 Å². The molecule has 2 heteroatoms. The zero-order valence-electron chi connectivity index (χ0n) is 3.93. The molecule has 0 unspecified atom stereocenters. The van der Waals surface area contributed by atoms with Gasteiger partial charge >= 0.3 is 5.97 Å². The van der Waals surface area contributed by atoms with Crippen molar-refractivity contribution >= 4 is 5.97 Å². The number of aliphatic carboxylic acids is 1. The van der Waals surface area contributed by atoms with E-state index in [-0.39, 0.29) is 0 Å². The molecule has 0 aliphatic carbocycles. The normalized spacial score (nSPS) is 16.6. The number of hydrogen-bond donors (Lipinski definition) is 1. The summed E-state index contributed by atoms with van der Waals surface area (Å²) in [4.78, 5) is 9.51. The minimum atomic E-state index is -1.07. The molecule has 1 N–H and O–H groups in total. The Kier molecular flexibility index (Phi) is 0.947. The first-order valence-electron chi connectivity index (χ1n) is 1.87. The molecule has 5 heavy (non-hydrogen) atoms. The number of carboxylic acids is 1. The monoisotopic (exact) mass is 75.0 g/mol. The van der Waals surface area contributed by atoms with Gasteiger partial charge in [0.1, 0.15) is 0 Å². The van der Waals surface area contributed by atoms with Crippen LogP contribution < -0.4 is 0 Å². The molecule has 0 saturated heterocycles. The summed E-state index contributed by atoms with van der Waals surface area (Å²) in [6.45, 7) is 1.31. The van der Waals surface area contributed by atoms with Crippen LogP contribution in [0.25, 0.3) is 0 Å². The number of carbonyl (C=O) groups is 1. The highest BCUT2D eigenvalue weighted by Crippen LogP contribution is 1.67. The van der Waals surface area contributed by atoms with E-state index < -0.39 is 12.4 Å². The fraction of sp³-hybridized carbons (Fsp3) is 0.667. The molecule has 30 valence electrons. The van der Waals surface area contributed by atoms with E-state index in [1.807, 2.05) is 0 Å². The van der Waals surface area contributed by atoms with Crippen LogP contribution in [0.2, 0.25) is 0 Å². The van der Waals surface area contributed by atoms with E-state index >= 15 is 0 Å². The van der Waals surface area contributed by atoms with Crippen LogP contribution >= 0.6 is 0 Å². The summed E-state index contributed by atoms with van der Waals surface area (Å²) in [5.41, 5.74) is 0. The van der Waals surface area contributed by atoms with Crippen molar-refractivity contribution in [2.24, 2.45) is 0 Å². The Hall–Kier alpha value is -0.530. The molecule has 0 spiro atoms. The van der Waals surface area contributed by atoms with Crippen LogP contribution in [-0.4, -0.2) is 11.1 Å². The lowest BCUT2D eigenvalue weighted by Gasteiger charge is -1.71. The number of rotatable bonds is 1. The summed E-state index contributed by atoms with van der Waals surface area (Å²) in [5, 5.41) is 7.80. The van der Waals surface area contributed by atoms with Crippen molar-refractivity contribution in [1.82, 2.24) is 0 Å². The highest BCUT2D eigenvalue weighted by Gasteiger charge is 1.80. The van der Waals surface area contributed by atoms with Crippen LogP contribution in [0.3, 0.4) is 0 Å². The molecule has 0 radical (unpaired) electrons. The molecule has 0 aromatic heterocycles. The fourth-order valence-corrected chi connectivity index (χ4v) is 0. The third-order valence-electron chi connectivity index (χ3n) is 0.247. The van der Waals surface area contributed by atoms with Crippen LogP contribution in [0.1, 0.15) is 14.7 Å². The minimum Gasteiger partial charge on any atom is -0.481 e. The summed E-state index contributed by atoms with van der Waals surface area (Å²) in [6.07, 6.45) is -0.981. The van der Waals surface area contributed by atoms with E-state index in [4.69, 9.17) is 6.48 Å². The molecule has 0 aromatic carbocycles. The van der Waals surface area contributed by atoms with Crippen molar-refractivity contribution in [3.63, 3.8) is 0 Å². The molecule has 0 bridgehead atoms. The maximum atomic E-state index is 9.51. The first-order chi connectivity index (χ1) is 2.64. The number of hydrogen-bond acceptors (Lipinski definition) is 1. The Morgan fingerprint density at radius 2 is 2.60 bits per heavy atom. The zero-order chi connectivity index (χ0) is 5.15. The van der Waals surface area contributed by atoms with Crippen molar-refractivity contribution in [2.75, 3.05) is 0 Å². The Labute approximate surface area is 31.8 Å². The maximum Gasteiger partial charge on any atom is 0.303 e. The van der Waals surface area contributed by atoms with Crippen LogP contribution in [0.4, 0.5) is 0 Å². The van der Waals surface area contributed by atoms with E-state index in [2.05, 4.69) is 0 Å². The smallest absolute Gasteiger partial charge is 0.303 e. The first-order valence-corrected chi connectivity index (χ1v) is 1.29. The van der Waals surface area contributed by atoms with Crippen molar-refractivity contribution in [2.45, 2.75) is 13.3 Å². The lowest BCUT2D eigenvalue weighted by atomic mass is 10.5. The standard InChI is InChI=1S/C3H6O2/c1-2-3(4)5/h2H2,1H3,(H,4,5)/i2D/t2-/m0/s1. The van der Waals surface area contributed by atoms with Gasteiger partial charge in [-0.2, -0.15) is 0 Å². The highest BCUT2D eigenvalue weighted by atomic mass is 16.4. The van der Waals surface area contributed by atoms with E-state index in [1.54, 1.807) is 0 Å². The maximum absolute atomic E-state index is 9.51. The molecule has 0 fully saturated rings. The van der Waals surface area contributed by atoms with E-state index in [9.17, 15) is 4.79 Å². The molecule has 0 aliphatic heterocycles. The molecule has 0 aliphatic rings. The predicted octanol–water partition coefficient (Wildman–Crippen LogP) is 0.481. The highest BCUT2D eigenvalue weighted by molar-refractivity contribution is 5.66. The molecular weight excluding hydrogens is 68.0 g/mol. The lowest BCUT2D eigenvalue weighted by Crippen LogP contribution is -1.86. The molecule has 0 aromatic rings. The second-order valence-electron chi connectivity index (χ2n) is 0.627. The summed E-state index contributed by atoms with van der Waals surface area (Å²) >= 11 is 0. The van der Waals surface area contributed by atoms with E-state index in [1.165, 1.54) is 6.92 Å². The van der Waals surface area contributed by atoms with Crippen LogP contribution in [-0.2, 0) is 4.79 Å². The molecule has 0 rings (SSSR count). The predicted molar refractivity (Wildman–Crippen MR) is 17.9 cm³/mol. The van der Waals surface area contributed by atoms with Crippen LogP contribution in [0.5, 0.6) is 0 Å². The van der Waals surface area contributed by atoms with Crippen molar-refractivity contribution in [1.29, 1.82) is 0 Å². The molecule has 0 heterocycles. The van der Waals surface area contributed by atoms with Gasteiger partial charge in [0, 0.05) is 7.77 Å². The van der Waals surface area contributed by atoms with Crippen molar-refractivity contribution in [3.8, 4) is 0 Å². The third-order valence-corrected chi connectivity index (χ3v) is 0.247. The second-order valence-corrected chi connectivity index (χ2v) is 0.627. The fourth-order valence-electron chi connectivity index (χ4n) is 0. The average molecular weight is 75.1 g/mol. The summed E-state index contributed by atoms with van der Waals surface area (Å²) in [5.74, 6) is -1.07. The van der Waals surface area contributed by atoms with Crippen LogP contribution in [0, 0.1) is 0 Å². The van der Waals surface area contributed by atoms with Gasteiger partial charge in [-0.05, 0) is 0 Å². The van der Waals surface area contributed by atoms with Gasteiger partial charge in [0.05, 0.1) is 0 Å². The first kappa shape index (κ1) is 2.69. The Bertz CT molecular complexity index is 59.8. The Morgan fingerprint density at radius 1 is 2.40 bits per heavy atom. The number of carboxylic acid groups (broad SMARTS) is 1.